The van der Waals surface area contributed by atoms with Gasteiger partial charge in [0.1, 0.15) is 12.1 Å². The third-order valence-corrected chi connectivity index (χ3v) is 3.24. The molecule has 7 nitrogen and oxygen atoms in total. The van der Waals surface area contributed by atoms with Gasteiger partial charge in [-0.05, 0) is 36.4 Å². The highest BCUT2D eigenvalue weighted by atomic mass is 16.5. The number of urea groups is 1. The molecule has 3 aromatic rings. The summed E-state index contributed by atoms with van der Waals surface area (Å²) in [6, 6.07) is 13.2. The average molecular weight is 310 g/mol. The molecule has 0 radical (unpaired) electrons. The molecular formula is C16H14N4O3. The maximum atomic E-state index is 12.3. The topological polar surface area (TPSA) is 85.2 Å². The second kappa shape index (κ2) is 6.18. The monoisotopic (exact) mass is 310 g/mol. The number of nitrogens with zero attached hydrogens (tertiary/aromatic N) is 2. The fraction of sp³-hybridized carbons (Fsp3) is 0.0625. The van der Waals surface area contributed by atoms with Crippen molar-refractivity contribution >= 4 is 22.6 Å². The van der Waals surface area contributed by atoms with Gasteiger partial charge in [0, 0.05) is 5.69 Å². The Balaban J connectivity index is 1.77. The van der Waals surface area contributed by atoms with Crippen LogP contribution in [-0.4, -0.2) is 22.8 Å². The standard InChI is InChI=1S/C16H14N4O3/c1-23-12-8-6-11(7-9-12)18-16(22)19-20-10-17-14-5-3-2-4-13(14)15(20)21/h2-10H,1H3,(H2,18,19,22). The minimum Gasteiger partial charge on any atom is -0.497 e. The molecule has 23 heavy (non-hydrogen) atoms. The lowest BCUT2D eigenvalue weighted by atomic mass is 10.2. The van der Waals surface area contributed by atoms with Crippen LogP contribution in [0.4, 0.5) is 10.5 Å². The van der Waals surface area contributed by atoms with E-state index in [1.54, 1.807) is 55.6 Å². The van der Waals surface area contributed by atoms with Gasteiger partial charge in [0.05, 0.1) is 18.0 Å². The molecule has 0 saturated carbocycles. The van der Waals surface area contributed by atoms with Gasteiger partial charge >= 0.3 is 6.03 Å². The molecule has 0 aliphatic heterocycles. The fourth-order valence-electron chi connectivity index (χ4n) is 2.09. The molecule has 0 unspecified atom stereocenters. The van der Waals surface area contributed by atoms with E-state index < -0.39 is 6.03 Å². The van der Waals surface area contributed by atoms with E-state index in [1.807, 2.05) is 0 Å². The molecule has 0 fully saturated rings. The zero-order chi connectivity index (χ0) is 16.2. The van der Waals surface area contributed by atoms with Crippen LogP contribution in [0.5, 0.6) is 5.75 Å². The lowest BCUT2D eigenvalue weighted by molar-refractivity contribution is 0.259. The van der Waals surface area contributed by atoms with Crippen molar-refractivity contribution in [2.75, 3.05) is 17.9 Å². The zero-order valence-electron chi connectivity index (χ0n) is 12.3. The second-order valence-corrected chi connectivity index (χ2v) is 4.73. The molecule has 1 heterocycles. The van der Waals surface area contributed by atoms with Crippen molar-refractivity contribution in [3.05, 3.63) is 65.2 Å². The number of hydrogen-bond acceptors (Lipinski definition) is 4. The Morgan fingerprint density at radius 1 is 1.13 bits per heavy atom. The highest BCUT2D eigenvalue weighted by Gasteiger charge is 2.07. The Hall–Kier alpha value is -3.35. The lowest BCUT2D eigenvalue weighted by Crippen LogP contribution is -2.35. The number of benzene rings is 2. The Bertz CT molecular complexity index is 903. The molecular weight excluding hydrogens is 296 g/mol. The summed E-state index contributed by atoms with van der Waals surface area (Å²) in [6.07, 6.45) is 1.28. The molecule has 1 aromatic heterocycles. The highest BCUT2D eigenvalue weighted by Crippen LogP contribution is 2.14. The van der Waals surface area contributed by atoms with E-state index in [4.69, 9.17) is 4.74 Å². The number of fused-ring (bicyclic) bond motifs is 1. The summed E-state index contributed by atoms with van der Waals surface area (Å²) in [6.45, 7) is 0. The number of hydrogen-bond donors (Lipinski definition) is 2. The van der Waals surface area contributed by atoms with Crippen LogP contribution in [0, 0.1) is 0 Å². The molecule has 2 aromatic carbocycles. The third kappa shape index (κ3) is 3.13. The predicted molar refractivity (Wildman–Crippen MR) is 87.4 cm³/mol. The second-order valence-electron chi connectivity index (χ2n) is 4.73. The summed E-state index contributed by atoms with van der Waals surface area (Å²) in [5, 5.41) is 3.05. The summed E-state index contributed by atoms with van der Waals surface area (Å²) >= 11 is 0. The first-order valence-electron chi connectivity index (χ1n) is 6.86. The number of rotatable bonds is 3. The van der Waals surface area contributed by atoms with Crippen LogP contribution in [0.25, 0.3) is 10.9 Å². The molecule has 0 bridgehead atoms. The molecule has 3 rings (SSSR count). The summed E-state index contributed by atoms with van der Waals surface area (Å²) in [5.41, 5.74) is 3.24. The van der Waals surface area contributed by atoms with Gasteiger partial charge < -0.3 is 10.1 Å². The average Bonchev–Trinajstić information content (AvgIpc) is 2.58. The summed E-state index contributed by atoms with van der Waals surface area (Å²) < 4.78 is 6.09. The molecule has 2 N–H and O–H groups in total. The number of ether oxygens (including phenoxy) is 1. The van der Waals surface area contributed by atoms with Crippen LogP contribution in [-0.2, 0) is 0 Å². The van der Waals surface area contributed by atoms with Gasteiger partial charge in [0.25, 0.3) is 5.56 Å². The first-order valence-corrected chi connectivity index (χ1v) is 6.86. The van der Waals surface area contributed by atoms with Gasteiger partial charge in [0.15, 0.2) is 0 Å². The normalized spacial score (nSPS) is 10.3. The lowest BCUT2D eigenvalue weighted by Gasteiger charge is -2.10. The third-order valence-electron chi connectivity index (χ3n) is 3.24. The highest BCUT2D eigenvalue weighted by molar-refractivity contribution is 5.95. The van der Waals surface area contributed by atoms with E-state index >= 15 is 0 Å². The largest absolute Gasteiger partial charge is 0.497 e. The number of carbonyl (C=O) groups is 1. The molecule has 0 atom stereocenters. The van der Waals surface area contributed by atoms with E-state index in [0.717, 1.165) is 4.68 Å². The maximum absolute atomic E-state index is 12.3. The van der Waals surface area contributed by atoms with E-state index in [9.17, 15) is 9.59 Å². The minimum atomic E-state index is -0.547. The zero-order valence-corrected chi connectivity index (χ0v) is 12.3. The van der Waals surface area contributed by atoms with Crippen molar-refractivity contribution in [3.63, 3.8) is 0 Å². The van der Waals surface area contributed by atoms with Crippen LogP contribution < -0.4 is 21.0 Å². The van der Waals surface area contributed by atoms with Crippen molar-refractivity contribution in [1.82, 2.24) is 9.66 Å². The van der Waals surface area contributed by atoms with Crippen molar-refractivity contribution in [2.45, 2.75) is 0 Å². The Kier molecular flexibility index (Phi) is 3.92. The number of methoxy groups -OCH3 is 1. The fourth-order valence-corrected chi connectivity index (χ4v) is 2.09. The summed E-state index contributed by atoms with van der Waals surface area (Å²) in [5.74, 6) is 0.686. The first-order chi connectivity index (χ1) is 11.2. The predicted octanol–water partition coefficient (Wildman–Crippen LogP) is 2.18. The van der Waals surface area contributed by atoms with Crippen LogP contribution in [0.15, 0.2) is 59.7 Å². The van der Waals surface area contributed by atoms with E-state index in [0.29, 0.717) is 22.3 Å². The number of aromatic nitrogens is 2. The summed E-state index contributed by atoms with van der Waals surface area (Å²) in [7, 11) is 1.56. The van der Waals surface area contributed by atoms with Crippen LogP contribution in [0.2, 0.25) is 0 Å². The van der Waals surface area contributed by atoms with Crippen LogP contribution >= 0.6 is 0 Å². The van der Waals surface area contributed by atoms with Crippen molar-refractivity contribution < 1.29 is 9.53 Å². The molecule has 0 aliphatic rings. The van der Waals surface area contributed by atoms with Gasteiger partial charge in [-0.2, -0.15) is 0 Å². The Morgan fingerprint density at radius 3 is 2.61 bits per heavy atom. The maximum Gasteiger partial charge on any atom is 0.338 e. The molecule has 7 heteroatoms. The molecule has 0 spiro atoms. The van der Waals surface area contributed by atoms with Crippen LogP contribution in [0.1, 0.15) is 0 Å². The Morgan fingerprint density at radius 2 is 1.87 bits per heavy atom. The van der Waals surface area contributed by atoms with Crippen LogP contribution in [0.3, 0.4) is 0 Å². The SMILES string of the molecule is COc1ccc(NC(=O)Nn2cnc3ccccc3c2=O)cc1. The van der Waals surface area contributed by atoms with Crippen molar-refractivity contribution in [1.29, 1.82) is 0 Å². The van der Waals surface area contributed by atoms with E-state index in [1.165, 1.54) is 6.33 Å². The minimum absolute atomic E-state index is 0.347. The summed E-state index contributed by atoms with van der Waals surface area (Å²) in [4.78, 5) is 28.4. The van der Waals surface area contributed by atoms with Crippen molar-refractivity contribution in [2.24, 2.45) is 0 Å². The quantitative estimate of drug-likeness (QED) is 0.776. The van der Waals surface area contributed by atoms with Gasteiger partial charge in [0.2, 0.25) is 0 Å². The number of anilines is 1. The first kappa shape index (κ1) is 14.6. The smallest absolute Gasteiger partial charge is 0.338 e. The molecule has 2 amide bonds. The molecule has 116 valence electrons. The van der Waals surface area contributed by atoms with Crippen molar-refractivity contribution in [3.8, 4) is 5.75 Å². The van der Waals surface area contributed by atoms with E-state index in [-0.39, 0.29) is 5.56 Å². The number of para-hydroxylation sites is 1. The number of nitrogens with one attached hydrogen (secondary N) is 2. The molecule has 0 saturated heterocycles. The number of carbonyl (C=O) groups excluding carboxylic acids is 1. The molecule has 0 aliphatic carbocycles. The van der Waals surface area contributed by atoms with Gasteiger partial charge in [-0.15, -0.1) is 0 Å². The Labute approximate surface area is 131 Å². The van der Waals surface area contributed by atoms with Gasteiger partial charge in [-0.25, -0.2) is 19.9 Å². The number of amides is 2. The van der Waals surface area contributed by atoms with Gasteiger partial charge in [-0.3, -0.25) is 4.79 Å². The van der Waals surface area contributed by atoms with E-state index in [2.05, 4.69) is 15.7 Å². The van der Waals surface area contributed by atoms with Gasteiger partial charge in [-0.1, -0.05) is 12.1 Å².